The highest BCUT2D eigenvalue weighted by atomic mass is 19.1. The molecule has 218 valence electrons. The second kappa shape index (κ2) is 12.3. The summed E-state index contributed by atoms with van der Waals surface area (Å²) in [5, 5.41) is 3.18. The van der Waals surface area contributed by atoms with Crippen molar-refractivity contribution >= 4 is 17.5 Å². The van der Waals surface area contributed by atoms with Gasteiger partial charge in [-0.25, -0.2) is 4.39 Å². The van der Waals surface area contributed by atoms with E-state index in [1.807, 2.05) is 18.2 Å². The zero-order chi connectivity index (χ0) is 29.1. The third kappa shape index (κ3) is 6.66. The minimum atomic E-state index is -0.503. The summed E-state index contributed by atoms with van der Waals surface area (Å²) < 4.78 is 15.0. The van der Waals surface area contributed by atoms with E-state index in [-0.39, 0.29) is 34.8 Å². The Morgan fingerprint density at radius 3 is 2.46 bits per heavy atom. The first-order valence-electron chi connectivity index (χ1n) is 15.5. The molecular weight excluding hydrogens is 511 g/mol. The monoisotopic (exact) mass is 556 g/mol. The summed E-state index contributed by atoms with van der Waals surface area (Å²) in [5.74, 6) is -0.517. The number of halogens is 1. The number of piperidine rings is 1. The van der Waals surface area contributed by atoms with Crippen molar-refractivity contribution in [2.24, 2.45) is 17.8 Å². The van der Waals surface area contributed by atoms with Crippen LogP contribution in [-0.2, 0) is 10.2 Å². The molecule has 2 aliphatic carbocycles. The lowest BCUT2D eigenvalue weighted by Crippen LogP contribution is -2.55. The van der Waals surface area contributed by atoms with Gasteiger partial charge >= 0.3 is 0 Å². The molecule has 1 saturated heterocycles. The molecule has 0 bridgehead atoms. The first kappa shape index (κ1) is 29.3. The van der Waals surface area contributed by atoms with Crippen LogP contribution in [-0.4, -0.2) is 29.3 Å². The molecule has 1 heterocycles. The van der Waals surface area contributed by atoms with Gasteiger partial charge in [-0.15, -0.1) is 0 Å². The number of hydrogen-bond acceptors (Lipinski definition) is 2. The van der Waals surface area contributed by atoms with E-state index >= 15 is 0 Å². The molecule has 41 heavy (non-hydrogen) atoms. The zero-order valence-electron chi connectivity index (χ0n) is 25.1. The first-order chi connectivity index (χ1) is 19.6. The number of allylic oxidation sites excluding steroid dienone is 3. The van der Waals surface area contributed by atoms with Crippen LogP contribution in [0.3, 0.4) is 0 Å². The van der Waals surface area contributed by atoms with Crippen molar-refractivity contribution in [2.75, 3.05) is 11.9 Å². The van der Waals surface area contributed by atoms with Gasteiger partial charge in [0.05, 0.1) is 17.5 Å². The number of nitrogens with zero attached hydrogens (tertiary/aromatic N) is 1. The van der Waals surface area contributed by atoms with E-state index in [4.69, 9.17) is 0 Å². The second-order valence-electron chi connectivity index (χ2n) is 13.4. The molecule has 2 aromatic rings. The molecule has 5 heteroatoms. The molecular formula is C36H45FN2O2. The van der Waals surface area contributed by atoms with Crippen molar-refractivity contribution in [2.45, 2.75) is 90.5 Å². The molecule has 4 nitrogen and oxygen atoms in total. The van der Waals surface area contributed by atoms with Crippen molar-refractivity contribution in [1.29, 1.82) is 0 Å². The number of carbonyl (C=O) groups is 2. The van der Waals surface area contributed by atoms with Crippen LogP contribution >= 0.6 is 0 Å². The van der Waals surface area contributed by atoms with Crippen LogP contribution in [0.2, 0.25) is 0 Å². The number of likely N-dealkylation sites (tertiary alicyclic amines) is 1. The minimum absolute atomic E-state index is 0.00434. The number of rotatable bonds is 6. The lowest BCUT2D eigenvalue weighted by atomic mass is 9.76. The Kier molecular flexibility index (Phi) is 8.82. The molecule has 3 atom stereocenters. The number of hydrogen-bond donors (Lipinski definition) is 1. The minimum Gasteiger partial charge on any atom is -0.334 e. The van der Waals surface area contributed by atoms with Crippen LogP contribution in [0.25, 0.3) is 0 Å². The molecule has 2 amide bonds. The molecule has 0 spiro atoms. The van der Waals surface area contributed by atoms with E-state index in [1.165, 1.54) is 37.3 Å². The fourth-order valence-electron chi connectivity index (χ4n) is 7.05. The molecule has 5 rings (SSSR count). The van der Waals surface area contributed by atoms with Crippen molar-refractivity contribution in [1.82, 2.24) is 4.90 Å². The Morgan fingerprint density at radius 1 is 1.02 bits per heavy atom. The normalized spacial score (nSPS) is 23.4. The number of nitrogens with one attached hydrogen (secondary N) is 1. The Hall–Kier alpha value is -3.21. The molecule has 1 saturated carbocycles. The van der Waals surface area contributed by atoms with Crippen LogP contribution in [0.4, 0.5) is 10.1 Å². The van der Waals surface area contributed by atoms with Gasteiger partial charge in [0.1, 0.15) is 5.82 Å². The highest BCUT2D eigenvalue weighted by molar-refractivity contribution is 5.98. The summed E-state index contributed by atoms with van der Waals surface area (Å²) in [5.41, 5.74) is 3.99. The third-order valence-electron chi connectivity index (χ3n) is 9.36. The number of anilines is 1. The smallest absolute Gasteiger partial charge is 0.257 e. The lowest BCUT2D eigenvalue weighted by molar-refractivity contribution is -0.123. The van der Waals surface area contributed by atoms with Gasteiger partial charge in [-0.2, -0.15) is 0 Å². The average molecular weight is 557 g/mol. The first-order valence-corrected chi connectivity index (χ1v) is 15.5. The fraction of sp³-hybridized carbons (Fsp3) is 0.500. The Bertz CT molecular complexity index is 1310. The molecule has 1 aliphatic heterocycles. The van der Waals surface area contributed by atoms with E-state index in [9.17, 15) is 14.0 Å². The van der Waals surface area contributed by atoms with Crippen LogP contribution in [0.1, 0.15) is 93.6 Å². The molecule has 2 unspecified atom stereocenters. The van der Waals surface area contributed by atoms with E-state index in [2.05, 4.69) is 50.4 Å². The molecule has 3 aliphatic rings. The van der Waals surface area contributed by atoms with Crippen molar-refractivity contribution in [3.05, 3.63) is 88.8 Å². The molecule has 0 aromatic heterocycles. The van der Waals surface area contributed by atoms with Gasteiger partial charge in [-0.3, -0.25) is 9.59 Å². The van der Waals surface area contributed by atoms with Gasteiger partial charge in [0, 0.05) is 18.2 Å². The van der Waals surface area contributed by atoms with Gasteiger partial charge in [0.2, 0.25) is 5.91 Å². The van der Waals surface area contributed by atoms with Crippen LogP contribution in [0.5, 0.6) is 0 Å². The Labute approximate surface area is 245 Å². The van der Waals surface area contributed by atoms with E-state index in [0.29, 0.717) is 24.9 Å². The van der Waals surface area contributed by atoms with Crippen LogP contribution in [0, 0.1) is 30.5 Å². The summed E-state index contributed by atoms with van der Waals surface area (Å²) in [4.78, 5) is 29.7. The van der Waals surface area contributed by atoms with Crippen molar-refractivity contribution in [3.8, 4) is 0 Å². The van der Waals surface area contributed by atoms with Gasteiger partial charge in [0.15, 0.2) is 0 Å². The zero-order valence-corrected chi connectivity index (χ0v) is 25.1. The van der Waals surface area contributed by atoms with E-state index < -0.39 is 11.7 Å². The largest absolute Gasteiger partial charge is 0.334 e. The highest BCUT2D eigenvalue weighted by Gasteiger charge is 2.43. The summed E-state index contributed by atoms with van der Waals surface area (Å²) in [6.45, 7) is 8.76. The number of carbonyl (C=O) groups excluding carboxylic acids is 2. The predicted octanol–water partition coefficient (Wildman–Crippen LogP) is 8.37. The average Bonchev–Trinajstić information content (AvgIpc) is 3.46. The quantitative estimate of drug-likeness (QED) is 0.389. The lowest BCUT2D eigenvalue weighted by Gasteiger charge is -2.44. The summed E-state index contributed by atoms with van der Waals surface area (Å²) in [6, 6.07) is 12.4. The van der Waals surface area contributed by atoms with Gasteiger partial charge in [0.25, 0.3) is 5.91 Å². The maximum atomic E-state index is 15.0. The van der Waals surface area contributed by atoms with Gasteiger partial charge in [-0.05, 0) is 73.3 Å². The maximum Gasteiger partial charge on any atom is 0.257 e. The predicted molar refractivity (Wildman–Crippen MR) is 164 cm³/mol. The maximum absolute atomic E-state index is 15.0. The fourth-order valence-corrected chi connectivity index (χ4v) is 7.05. The summed E-state index contributed by atoms with van der Waals surface area (Å²) in [6.07, 6.45) is 15.3. The molecule has 2 aromatic carbocycles. The van der Waals surface area contributed by atoms with Crippen molar-refractivity contribution < 1.29 is 14.0 Å². The topological polar surface area (TPSA) is 49.4 Å². The number of aryl methyl sites for hydroxylation is 1. The summed E-state index contributed by atoms with van der Waals surface area (Å²) in [7, 11) is 0. The standard InChI is InChI=1S/C36H45FN2O2/c1-24-10-7-16-31(37)32(24)35(41)39-21-9-15-30(34(40)38-29-14-8-13-28(23-29)36(2,3)4)33(39)27-19-17-26(18-20-27)22-25-11-5-6-12-25/h7-8,10,13-14,16-19,23,25,27,30,33H,5-6,9,11-12,15,20-22H2,1-4H3,(H,38,40)/t27?,30?,33-/m0/s1. The SMILES string of the molecule is Cc1cccc(F)c1C(=O)N1CCCC(C(=O)Nc2cccc(C(C)(C)C)c2)[C@@H]1C1C=CC(CC2CCCC2)=CC1. The third-order valence-corrected chi connectivity index (χ3v) is 9.36. The highest BCUT2D eigenvalue weighted by Crippen LogP contribution is 2.38. The van der Waals surface area contributed by atoms with Gasteiger partial charge in [-0.1, -0.05) is 94.5 Å². The number of amides is 2. The van der Waals surface area contributed by atoms with E-state index in [1.54, 1.807) is 24.0 Å². The van der Waals surface area contributed by atoms with E-state index in [0.717, 1.165) is 30.0 Å². The van der Waals surface area contributed by atoms with Crippen LogP contribution < -0.4 is 5.32 Å². The summed E-state index contributed by atoms with van der Waals surface area (Å²) >= 11 is 0. The van der Waals surface area contributed by atoms with Crippen molar-refractivity contribution in [3.63, 3.8) is 0 Å². The number of benzene rings is 2. The Balaban J connectivity index is 1.42. The molecule has 0 radical (unpaired) electrons. The Morgan fingerprint density at radius 2 is 1.78 bits per heavy atom. The molecule has 1 N–H and O–H groups in total. The van der Waals surface area contributed by atoms with Crippen LogP contribution in [0.15, 0.2) is 66.3 Å². The van der Waals surface area contributed by atoms with Gasteiger partial charge < -0.3 is 10.2 Å². The second-order valence-corrected chi connectivity index (χ2v) is 13.4. The molecule has 2 fully saturated rings.